The second-order valence-electron chi connectivity index (χ2n) is 7.44. The van der Waals surface area contributed by atoms with Gasteiger partial charge in [0, 0.05) is 56.3 Å². The van der Waals surface area contributed by atoms with Gasteiger partial charge in [-0.2, -0.15) is 0 Å². The number of halogens is 2. The lowest BCUT2D eigenvalue weighted by atomic mass is 9.90. The zero-order valence-electron chi connectivity index (χ0n) is 16.7. The van der Waals surface area contributed by atoms with Crippen LogP contribution in [-0.2, 0) is 4.79 Å². The molecule has 8 nitrogen and oxygen atoms in total. The monoisotopic (exact) mass is 447 g/mol. The van der Waals surface area contributed by atoms with Crippen molar-refractivity contribution in [2.75, 3.05) is 44.7 Å². The van der Waals surface area contributed by atoms with Crippen molar-refractivity contribution in [2.24, 2.45) is 0 Å². The Morgan fingerprint density at radius 2 is 1.69 bits per heavy atom. The van der Waals surface area contributed by atoms with Crippen LogP contribution >= 0.6 is 24.8 Å². The summed E-state index contributed by atoms with van der Waals surface area (Å²) in [5, 5.41) is 12.1. The zero-order valence-corrected chi connectivity index (χ0v) is 18.3. The van der Waals surface area contributed by atoms with Gasteiger partial charge in [0.05, 0.1) is 6.54 Å². The number of pyridine rings is 1. The first-order chi connectivity index (χ1) is 13.0. The minimum absolute atomic E-state index is 0. The maximum atomic E-state index is 12.6. The SMILES string of the molecule is CN(CC(=O)O)C1CCC(NC(=O)N2CCN(c3ccncc3)CC2)CC1.Cl.Cl. The molecule has 1 saturated heterocycles. The van der Waals surface area contributed by atoms with Crippen molar-refractivity contribution in [3.63, 3.8) is 0 Å². The van der Waals surface area contributed by atoms with E-state index in [4.69, 9.17) is 5.11 Å². The third kappa shape index (κ3) is 7.21. The summed E-state index contributed by atoms with van der Waals surface area (Å²) in [5.41, 5.74) is 1.15. The number of nitrogens with zero attached hydrogens (tertiary/aromatic N) is 4. The molecule has 29 heavy (non-hydrogen) atoms. The van der Waals surface area contributed by atoms with Crippen molar-refractivity contribution in [3.05, 3.63) is 24.5 Å². The van der Waals surface area contributed by atoms with Gasteiger partial charge in [-0.3, -0.25) is 14.7 Å². The number of hydrogen-bond acceptors (Lipinski definition) is 5. The minimum Gasteiger partial charge on any atom is -0.480 e. The number of rotatable bonds is 5. The van der Waals surface area contributed by atoms with Crippen molar-refractivity contribution >= 4 is 42.5 Å². The molecule has 1 aromatic rings. The lowest BCUT2D eigenvalue weighted by Crippen LogP contribution is -2.54. The number of carbonyl (C=O) groups is 2. The number of aromatic nitrogens is 1. The van der Waals surface area contributed by atoms with Crippen LogP contribution in [-0.4, -0.2) is 83.7 Å². The van der Waals surface area contributed by atoms with Crippen LogP contribution in [0.25, 0.3) is 0 Å². The van der Waals surface area contributed by atoms with Crippen LogP contribution in [0.3, 0.4) is 0 Å². The second kappa shape index (κ2) is 12.0. The molecule has 2 aliphatic rings. The molecule has 2 N–H and O–H groups in total. The van der Waals surface area contributed by atoms with E-state index in [-0.39, 0.29) is 49.5 Å². The van der Waals surface area contributed by atoms with E-state index in [0.29, 0.717) is 13.1 Å². The Bertz CT molecular complexity index is 636. The van der Waals surface area contributed by atoms with Gasteiger partial charge in [0.1, 0.15) is 0 Å². The number of hydrogen-bond donors (Lipinski definition) is 2. The Morgan fingerprint density at radius 1 is 1.10 bits per heavy atom. The van der Waals surface area contributed by atoms with Crippen molar-refractivity contribution in [1.29, 1.82) is 0 Å². The summed E-state index contributed by atoms with van der Waals surface area (Å²) in [6, 6.07) is 4.49. The molecule has 164 valence electrons. The van der Waals surface area contributed by atoms with E-state index < -0.39 is 5.97 Å². The van der Waals surface area contributed by atoms with Crippen molar-refractivity contribution < 1.29 is 14.7 Å². The summed E-state index contributed by atoms with van der Waals surface area (Å²) in [5.74, 6) is -0.793. The zero-order chi connectivity index (χ0) is 19.2. The van der Waals surface area contributed by atoms with Gasteiger partial charge >= 0.3 is 12.0 Å². The van der Waals surface area contributed by atoms with Crippen molar-refractivity contribution in [1.82, 2.24) is 20.1 Å². The first kappa shape index (κ1) is 25.3. The van der Waals surface area contributed by atoms with E-state index in [0.717, 1.165) is 44.5 Å². The summed E-state index contributed by atoms with van der Waals surface area (Å²) in [4.78, 5) is 33.5. The van der Waals surface area contributed by atoms with Crippen LogP contribution in [0.4, 0.5) is 10.5 Å². The molecule has 2 amide bonds. The molecule has 0 bridgehead atoms. The molecular weight excluding hydrogens is 417 g/mol. The fourth-order valence-electron chi connectivity index (χ4n) is 3.99. The Kier molecular flexibility index (Phi) is 10.5. The number of aliphatic carboxylic acids is 1. The predicted molar refractivity (Wildman–Crippen MR) is 117 cm³/mol. The number of urea groups is 1. The van der Waals surface area contributed by atoms with Crippen LogP contribution in [0.5, 0.6) is 0 Å². The van der Waals surface area contributed by atoms with Gasteiger partial charge in [-0.25, -0.2) is 4.79 Å². The van der Waals surface area contributed by atoms with Gasteiger partial charge in [-0.05, 0) is 44.9 Å². The van der Waals surface area contributed by atoms with Gasteiger partial charge in [0.2, 0.25) is 0 Å². The van der Waals surface area contributed by atoms with Gasteiger partial charge in [0.15, 0.2) is 0 Å². The molecule has 10 heteroatoms. The molecule has 3 rings (SSSR count). The molecule has 1 saturated carbocycles. The Morgan fingerprint density at radius 3 is 2.24 bits per heavy atom. The summed E-state index contributed by atoms with van der Waals surface area (Å²) in [6.45, 7) is 3.15. The minimum atomic E-state index is -0.793. The number of carboxylic acid groups (broad SMARTS) is 1. The van der Waals surface area contributed by atoms with Crippen LogP contribution in [0, 0.1) is 0 Å². The van der Waals surface area contributed by atoms with Gasteiger partial charge < -0.3 is 20.2 Å². The van der Waals surface area contributed by atoms with E-state index in [1.807, 2.05) is 29.0 Å². The van der Waals surface area contributed by atoms with Crippen molar-refractivity contribution in [3.8, 4) is 0 Å². The topological polar surface area (TPSA) is 89.0 Å². The molecule has 0 atom stereocenters. The molecule has 0 aromatic carbocycles. The number of amides is 2. The van der Waals surface area contributed by atoms with E-state index >= 15 is 0 Å². The third-order valence-electron chi connectivity index (χ3n) is 5.63. The quantitative estimate of drug-likeness (QED) is 0.717. The fraction of sp³-hybridized carbons (Fsp3) is 0.632. The molecule has 1 aromatic heterocycles. The summed E-state index contributed by atoms with van der Waals surface area (Å²) in [7, 11) is 1.86. The number of likely N-dealkylation sites (N-methyl/N-ethyl adjacent to an activating group) is 1. The first-order valence-electron chi connectivity index (χ1n) is 9.65. The smallest absolute Gasteiger partial charge is 0.317 e. The standard InChI is InChI=1S/C19H29N5O3.2ClH/c1-22(14-18(25)26)16-4-2-15(3-5-16)21-19(27)24-12-10-23(11-13-24)17-6-8-20-9-7-17;;/h6-9,15-16H,2-5,10-14H2,1H3,(H,21,27)(H,25,26);2*1H. The molecule has 1 aliphatic heterocycles. The van der Waals surface area contributed by atoms with Gasteiger partial charge in [-0.15, -0.1) is 24.8 Å². The number of carboxylic acids is 1. The maximum absolute atomic E-state index is 12.6. The molecule has 2 heterocycles. The van der Waals surface area contributed by atoms with Crippen LogP contribution in [0.2, 0.25) is 0 Å². The highest BCUT2D eigenvalue weighted by Crippen LogP contribution is 2.23. The number of carbonyl (C=O) groups excluding carboxylic acids is 1. The lowest BCUT2D eigenvalue weighted by Gasteiger charge is -2.38. The van der Waals surface area contributed by atoms with Crippen molar-refractivity contribution in [2.45, 2.75) is 37.8 Å². The van der Waals surface area contributed by atoms with Crippen LogP contribution < -0.4 is 10.2 Å². The summed E-state index contributed by atoms with van der Waals surface area (Å²) in [6.07, 6.45) is 7.22. The molecule has 0 radical (unpaired) electrons. The molecule has 0 spiro atoms. The normalized spacial score (nSPS) is 21.7. The van der Waals surface area contributed by atoms with Crippen LogP contribution in [0.15, 0.2) is 24.5 Å². The lowest BCUT2D eigenvalue weighted by molar-refractivity contribution is -0.138. The Labute approximate surface area is 184 Å². The molecular formula is C19H31Cl2N5O3. The third-order valence-corrected chi connectivity index (χ3v) is 5.63. The first-order valence-corrected chi connectivity index (χ1v) is 9.65. The molecule has 1 aliphatic carbocycles. The maximum Gasteiger partial charge on any atom is 0.317 e. The van der Waals surface area contributed by atoms with Gasteiger partial charge in [0.25, 0.3) is 0 Å². The number of piperazine rings is 1. The van der Waals surface area contributed by atoms with Crippen LogP contribution in [0.1, 0.15) is 25.7 Å². The number of nitrogens with one attached hydrogen (secondary N) is 1. The second-order valence-corrected chi connectivity index (χ2v) is 7.44. The predicted octanol–water partition coefficient (Wildman–Crippen LogP) is 2.08. The highest BCUT2D eigenvalue weighted by molar-refractivity contribution is 5.85. The van der Waals surface area contributed by atoms with E-state index in [2.05, 4.69) is 15.2 Å². The molecule has 2 fully saturated rings. The van der Waals surface area contributed by atoms with E-state index in [1.54, 1.807) is 12.4 Å². The van der Waals surface area contributed by atoms with E-state index in [1.165, 1.54) is 0 Å². The largest absolute Gasteiger partial charge is 0.480 e. The molecule has 0 unspecified atom stereocenters. The summed E-state index contributed by atoms with van der Waals surface area (Å²) >= 11 is 0. The van der Waals surface area contributed by atoms with Gasteiger partial charge in [-0.1, -0.05) is 0 Å². The number of anilines is 1. The highest BCUT2D eigenvalue weighted by Gasteiger charge is 2.28. The Hall–Kier alpha value is -1.77. The average Bonchev–Trinajstić information content (AvgIpc) is 2.69. The fourth-order valence-corrected chi connectivity index (χ4v) is 3.99. The Balaban J connectivity index is 0.00000210. The highest BCUT2D eigenvalue weighted by atomic mass is 35.5. The van der Waals surface area contributed by atoms with E-state index in [9.17, 15) is 9.59 Å². The average molecular weight is 448 g/mol. The summed E-state index contributed by atoms with van der Waals surface area (Å²) < 4.78 is 0.